The summed E-state index contributed by atoms with van der Waals surface area (Å²) < 4.78 is 0. The third-order valence-electron chi connectivity index (χ3n) is 3.97. The molecule has 2 aromatic rings. The number of nitrogens with one attached hydrogen (secondary N) is 1. The number of aromatic amines is 1. The number of hydrogen-bond acceptors (Lipinski definition) is 5. The number of aromatic carboxylic acids is 1. The summed E-state index contributed by atoms with van der Waals surface area (Å²) in [6.45, 7) is 2.05. The van der Waals surface area contributed by atoms with Gasteiger partial charge in [-0.15, -0.1) is 11.3 Å². The number of ketones is 1. The van der Waals surface area contributed by atoms with Gasteiger partial charge in [0.05, 0.1) is 11.1 Å². The van der Waals surface area contributed by atoms with Crippen LogP contribution in [0.15, 0.2) is 23.7 Å². The molecule has 7 heteroatoms. The first kappa shape index (κ1) is 14.9. The lowest BCUT2D eigenvalue weighted by atomic mass is 9.92. The normalized spacial score (nSPS) is 19.2. The summed E-state index contributed by atoms with van der Waals surface area (Å²) in [4.78, 5) is 26.5. The van der Waals surface area contributed by atoms with Crippen LogP contribution in [0.1, 0.15) is 38.6 Å². The number of carboxylic acid groups (broad SMARTS) is 1. The van der Waals surface area contributed by atoms with Crippen molar-refractivity contribution < 1.29 is 14.7 Å². The molecule has 1 aliphatic rings. The van der Waals surface area contributed by atoms with E-state index in [0.29, 0.717) is 18.7 Å². The molecule has 1 fully saturated rings. The van der Waals surface area contributed by atoms with E-state index in [1.165, 1.54) is 11.3 Å². The average Bonchev–Trinajstić information content (AvgIpc) is 3.18. The van der Waals surface area contributed by atoms with Crippen LogP contribution in [0.3, 0.4) is 0 Å². The fourth-order valence-electron chi connectivity index (χ4n) is 2.89. The lowest BCUT2D eigenvalue weighted by Gasteiger charge is -2.31. The molecule has 2 aromatic heterocycles. The number of rotatable bonds is 5. The van der Waals surface area contributed by atoms with Gasteiger partial charge in [0, 0.05) is 24.6 Å². The fourth-order valence-corrected chi connectivity index (χ4v) is 3.63. The van der Waals surface area contributed by atoms with Crippen LogP contribution in [0.4, 0.5) is 0 Å². The van der Waals surface area contributed by atoms with Gasteiger partial charge in [-0.1, -0.05) is 6.07 Å². The first-order chi connectivity index (χ1) is 10.6. The topological polar surface area (TPSA) is 86.3 Å². The van der Waals surface area contributed by atoms with Crippen molar-refractivity contribution >= 4 is 23.1 Å². The maximum Gasteiger partial charge on any atom is 0.354 e. The van der Waals surface area contributed by atoms with Crippen molar-refractivity contribution in [1.82, 2.24) is 15.1 Å². The van der Waals surface area contributed by atoms with Gasteiger partial charge in [-0.05, 0) is 30.8 Å². The Labute approximate surface area is 131 Å². The molecule has 0 amide bonds. The molecule has 1 atom stereocenters. The Morgan fingerprint density at radius 3 is 3.09 bits per heavy atom. The lowest BCUT2D eigenvalue weighted by Crippen LogP contribution is -2.38. The van der Waals surface area contributed by atoms with E-state index >= 15 is 0 Å². The minimum absolute atomic E-state index is 0.00687. The standard InChI is InChI=1S/C15H17N3O3S/c19-14(12-4-2-6-22-12)10-3-1-5-18(8-10)9-11-7-16-17-13(11)15(20)21/h2,4,6-7,10H,1,3,5,8-9H2,(H,16,17)(H,20,21)/t10-/m1/s1. The van der Waals surface area contributed by atoms with Gasteiger partial charge in [0.15, 0.2) is 5.78 Å². The zero-order chi connectivity index (χ0) is 15.5. The highest BCUT2D eigenvalue weighted by atomic mass is 32.1. The van der Waals surface area contributed by atoms with Crippen molar-refractivity contribution in [2.45, 2.75) is 19.4 Å². The molecule has 0 radical (unpaired) electrons. The third-order valence-corrected chi connectivity index (χ3v) is 4.85. The number of carbonyl (C=O) groups excluding carboxylic acids is 1. The van der Waals surface area contributed by atoms with Crippen LogP contribution in [0, 0.1) is 5.92 Å². The van der Waals surface area contributed by atoms with E-state index in [9.17, 15) is 9.59 Å². The van der Waals surface area contributed by atoms with Gasteiger partial charge in [-0.3, -0.25) is 14.8 Å². The molecule has 3 heterocycles. The molecule has 0 aromatic carbocycles. The molecule has 0 bridgehead atoms. The van der Waals surface area contributed by atoms with Crippen LogP contribution in [0.5, 0.6) is 0 Å². The van der Waals surface area contributed by atoms with Crippen LogP contribution in [0.25, 0.3) is 0 Å². The second kappa shape index (κ2) is 6.41. The molecule has 1 saturated heterocycles. The van der Waals surface area contributed by atoms with Crippen molar-refractivity contribution in [3.8, 4) is 0 Å². The van der Waals surface area contributed by atoms with E-state index in [2.05, 4.69) is 15.1 Å². The molecular formula is C15H17N3O3S. The van der Waals surface area contributed by atoms with E-state index in [0.717, 1.165) is 24.3 Å². The van der Waals surface area contributed by atoms with E-state index < -0.39 is 5.97 Å². The molecule has 0 unspecified atom stereocenters. The van der Waals surface area contributed by atoms with Crippen LogP contribution in [0.2, 0.25) is 0 Å². The highest BCUT2D eigenvalue weighted by Gasteiger charge is 2.28. The van der Waals surface area contributed by atoms with Gasteiger partial charge in [0.1, 0.15) is 5.69 Å². The number of carboxylic acids is 1. The lowest BCUT2D eigenvalue weighted by molar-refractivity contribution is 0.0683. The quantitative estimate of drug-likeness (QED) is 0.826. The number of thiophene rings is 1. The van der Waals surface area contributed by atoms with Crippen LogP contribution in [-0.4, -0.2) is 45.0 Å². The maximum atomic E-state index is 12.5. The number of piperidine rings is 1. The Morgan fingerprint density at radius 2 is 2.36 bits per heavy atom. The van der Waals surface area contributed by atoms with E-state index in [1.807, 2.05) is 17.5 Å². The monoisotopic (exact) mass is 319 g/mol. The highest BCUT2D eigenvalue weighted by molar-refractivity contribution is 7.12. The first-order valence-corrected chi connectivity index (χ1v) is 8.08. The molecule has 3 rings (SSSR count). The second-order valence-electron chi connectivity index (χ2n) is 5.49. The molecule has 0 spiro atoms. The summed E-state index contributed by atoms with van der Waals surface area (Å²) in [5, 5.41) is 17.3. The minimum Gasteiger partial charge on any atom is -0.477 e. The Balaban J connectivity index is 1.67. The number of nitrogens with zero attached hydrogens (tertiary/aromatic N) is 2. The number of hydrogen-bond donors (Lipinski definition) is 2. The summed E-state index contributed by atoms with van der Waals surface area (Å²) in [5.74, 6) is -0.811. The number of H-pyrrole nitrogens is 1. The van der Waals surface area contributed by atoms with Gasteiger partial charge in [0.25, 0.3) is 0 Å². The predicted molar refractivity (Wildman–Crippen MR) is 82.2 cm³/mol. The van der Waals surface area contributed by atoms with Crippen LogP contribution < -0.4 is 0 Å². The van der Waals surface area contributed by atoms with E-state index in [4.69, 9.17) is 5.11 Å². The van der Waals surface area contributed by atoms with Gasteiger partial charge in [0.2, 0.25) is 0 Å². The molecule has 6 nitrogen and oxygen atoms in total. The first-order valence-electron chi connectivity index (χ1n) is 7.20. The summed E-state index contributed by atoms with van der Waals surface area (Å²) in [6.07, 6.45) is 3.39. The highest BCUT2D eigenvalue weighted by Crippen LogP contribution is 2.24. The third kappa shape index (κ3) is 3.10. The average molecular weight is 319 g/mol. The van der Waals surface area contributed by atoms with Crippen molar-refractivity contribution in [2.24, 2.45) is 5.92 Å². The number of likely N-dealkylation sites (tertiary alicyclic amines) is 1. The summed E-state index contributed by atoms with van der Waals surface area (Å²) >= 11 is 1.48. The Bertz CT molecular complexity index is 665. The maximum absolute atomic E-state index is 12.5. The van der Waals surface area contributed by atoms with Gasteiger partial charge < -0.3 is 5.11 Å². The van der Waals surface area contributed by atoms with E-state index in [1.54, 1.807) is 6.20 Å². The predicted octanol–water partition coefficient (Wildman–Crippen LogP) is 2.26. The van der Waals surface area contributed by atoms with Crippen LogP contribution >= 0.6 is 11.3 Å². The smallest absolute Gasteiger partial charge is 0.354 e. The number of carbonyl (C=O) groups is 2. The molecule has 2 N–H and O–H groups in total. The van der Waals surface area contributed by atoms with Gasteiger partial charge >= 0.3 is 5.97 Å². The Morgan fingerprint density at radius 1 is 1.50 bits per heavy atom. The van der Waals surface area contributed by atoms with Crippen molar-refractivity contribution in [2.75, 3.05) is 13.1 Å². The van der Waals surface area contributed by atoms with Crippen molar-refractivity contribution in [3.05, 3.63) is 39.8 Å². The molecule has 0 aliphatic carbocycles. The fraction of sp³-hybridized carbons (Fsp3) is 0.400. The Hall–Kier alpha value is -1.99. The van der Waals surface area contributed by atoms with Gasteiger partial charge in [-0.25, -0.2) is 4.79 Å². The number of aromatic nitrogens is 2. The Kier molecular flexibility index (Phi) is 4.35. The molecule has 22 heavy (non-hydrogen) atoms. The van der Waals surface area contributed by atoms with E-state index in [-0.39, 0.29) is 17.4 Å². The number of Topliss-reactive ketones (excluding diaryl/α,β-unsaturated/α-hetero) is 1. The summed E-state index contributed by atoms with van der Waals surface area (Å²) in [7, 11) is 0. The SMILES string of the molecule is O=C(O)c1[nH]ncc1CN1CCC[C@@H](C(=O)c2cccs2)C1. The minimum atomic E-state index is -1.00. The van der Waals surface area contributed by atoms with Crippen molar-refractivity contribution in [1.29, 1.82) is 0 Å². The summed E-state index contributed by atoms with van der Waals surface area (Å²) in [6, 6.07) is 3.76. The van der Waals surface area contributed by atoms with Crippen molar-refractivity contribution in [3.63, 3.8) is 0 Å². The molecular weight excluding hydrogens is 302 g/mol. The molecule has 116 valence electrons. The largest absolute Gasteiger partial charge is 0.477 e. The van der Waals surface area contributed by atoms with Gasteiger partial charge in [-0.2, -0.15) is 5.10 Å². The molecule has 1 aliphatic heterocycles. The molecule has 0 saturated carbocycles. The summed E-state index contributed by atoms with van der Waals surface area (Å²) in [5.41, 5.74) is 0.795. The second-order valence-corrected chi connectivity index (χ2v) is 6.44. The zero-order valence-electron chi connectivity index (χ0n) is 12.0. The van der Waals surface area contributed by atoms with Crippen LogP contribution in [-0.2, 0) is 6.54 Å². The zero-order valence-corrected chi connectivity index (χ0v) is 12.8.